The second-order valence-electron chi connectivity index (χ2n) is 7.02. The third-order valence-electron chi connectivity index (χ3n) is 5.00. The molecular formula is C18H26F2N4O4. The number of hydrogen-bond acceptors (Lipinski definition) is 7. The number of carbonyl (C=O) groups excluding carboxylic acids is 1. The van der Waals surface area contributed by atoms with E-state index < -0.39 is 30.7 Å². The Bertz CT molecular complexity index is 710. The third kappa shape index (κ3) is 4.58. The first-order chi connectivity index (χ1) is 13.3. The number of nitrogens with zero attached hydrogens (tertiary/aromatic N) is 2. The van der Waals surface area contributed by atoms with Crippen molar-refractivity contribution in [2.75, 3.05) is 50.8 Å². The molecule has 2 fully saturated rings. The van der Waals surface area contributed by atoms with E-state index in [1.165, 1.54) is 19.1 Å². The molecule has 2 heterocycles. The SMILES string of the molecule is CC(=O)NC[C@H]1CN[C@](O)(c2ccc(N3CCN(CCF)[C@@H](O)C3)c(F)c2)O1. The number of hydrogen-bond donors (Lipinski definition) is 4. The van der Waals surface area contributed by atoms with Crippen LogP contribution < -0.4 is 15.5 Å². The van der Waals surface area contributed by atoms with Crippen LogP contribution in [0, 0.1) is 5.82 Å². The summed E-state index contributed by atoms with van der Waals surface area (Å²) in [5.74, 6) is -2.61. The second-order valence-corrected chi connectivity index (χ2v) is 7.02. The van der Waals surface area contributed by atoms with Crippen molar-refractivity contribution in [2.24, 2.45) is 0 Å². The average molecular weight is 400 g/mol. The molecule has 2 aliphatic heterocycles. The van der Waals surface area contributed by atoms with Crippen LogP contribution in [-0.2, 0) is 15.4 Å². The summed E-state index contributed by atoms with van der Waals surface area (Å²) < 4.78 is 32.8. The summed E-state index contributed by atoms with van der Waals surface area (Å²) in [6.45, 7) is 2.54. The normalized spacial score (nSPS) is 28.5. The summed E-state index contributed by atoms with van der Waals surface area (Å²) in [6, 6.07) is 4.25. The fourth-order valence-electron chi connectivity index (χ4n) is 3.48. The van der Waals surface area contributed by atoms with Gasteiger partial charge < -0.3 is 25.2 Å². The summed E-state index contributed by atoms with van der Waals surface area (Å²) in [5.41, 5.74) is 0.495. The van der Waals surface area contributed by atoms with Gasteiger partial charge in [-0.3, -0.25) is 15.0 Å². The molecule has 0 radical (unpaired) electrons. The number of β-amino-alcohol motifs (C(OH)–C–C–N with tert-alkyl or cyclic N) is 1. The Labute approximate surface area is 162 Å². The van der Waals surface area contributed by atoms with E-state index >= 15 is 0 Å². The van der Waals surface area contributed by atoms with Crippen molar-refractivity contribution in [3.8, 4) is 0 Å². The highest BCUT2D eigenvalue weighted by molar-refractivity contribution is 5.72. The first-order valence-electron chi connectivity index (χ1n) is 9.25. The van der Waals surface area contributed by atoms with E-state index in [1.54, 1.807) is 15.9 Å². The summed E-state index contributed by atoms with van der Waals surface area (Å²) in [7, 11) is 0. The summed E-state index contributed by atoms with van der Waals surface area (Å²) in [4.78, 5) is 14.3. The Balaban J connectivity index is 1.67. The van der Waals surface area contributed by atoms with Gasteiger partial charge in [0.05, 0.1) is 18.3 Å². The van der Waals surface area contributed by atoms with Gasteiger partial charge >= 0.3 is 0 Å². The lowest BCUT2D eigenvalue weighted by molar-refractivity contribution is -0.212. The molecule has 2 saturated heterocycles. The van der Waals surface area contributed by atoms with E-state index in [2.05, 4.69) is 10.6 Å². The van der Waals surface area contributed by atoms with Gasteiger partial charge in [-0.1, -0.05) is 0 Å². The van der Waals surface area contributed by atoms with Gasteiger partial charge in [0.25, 0.3) is 5.91 Å². The quantitative estimate of drug-likeness (QED) is 0.509. The van der Waals surface area contributed by atoms with E-state index in [9.17, 15) is 23.8 Å². The van der Waals surface area contributed by atoms with Crippen LogP contribution in [0.2, 0.25) is 0 Å². The zero-order valence-electron chi connectivity index (χ0n) is 15.7. The van der Waals surface area contributed by atoms with Gasteiger partial charge in [-0.2, -0.15) is 0 Å². The number of anilines is 1. The van der Waals surface area contributed by atoms with E-state index in [1.807, 2.05) is 0 Å². The van der Waals surface area contributed by atoms with Crippen molar-refractivity contribution in [3.63, 3.8) is 0 Å². The molecule has 1 amide bonds. The van der Waals surface area contributed by atoms with Crippen LogP contribution in [0.25, 0.3) is 0 Å². The maximum Gasteiger partial charge on any atom is 0.253 e. The van der Waals surface area contributed by atoms with E-state index in [0.29, 0.717) is 25.3 Å². The predicted octanol–water partition coefficient (Wildman–Crippen LogP) is -0.537. The van der Waals surface area contributed by atoms with Crippen molar-refractivity contribution in [2.45, 2.75) is 25.2 Å². The van der Waals surface area contributed by atoms with Gasteiger partial charge in [0.1, 0.15) is 18.7 Å². The molecule has 8 nitrogen and oxygen atoms in total. The third-order valence-corrected chi connectivity index (χ3v) is 5.00. The first-order valence-corrected chi connectivity index (χ1v) is 9.25. The monoisotopic (exact) mass is 400 g/mol. The number of benzene rings is 1. The van der Waals surface area contributed by atoms with Crippen LogP contribution in [0.1, 0.15) is 12.5 Å². The minimum atomic E-state index is -1.85. The standard InChI is InChI=1S/C18H26F2N4O4/c1-12(25)21-9-14-10-22-18(27,28-14)13-2-3-16(15(20)8-13)24-7-6-23(5-4-19)17(26)11-24/h2-3,8,14,17,22,26-27H,4-7,9-11H2,1H3,(H,21,25)/t14-,17-,18-/m0/s1. The first kappa shape index (κ1) is 20.9. The molecule has 1 aromatic carbocycles. The topological polar surface area (TPSA) is 97.3 Å². The molecule has 3 rings (SSSR count). The number of aliphatic hydroxyl groups excluding tert-OH is 1. The molecule has 0 spiro atoms. The van der Waals surface area contributed by atoms with E-state index in [0.717, 1.165) is 0 Å². The van der Waals surface area contributed by atoms with E-state index in [-0.39, 0.29) is 31.1 Å². The van der Waals surface area contributed by atoms with Gasteiger partial charge in [-0.25, -0.2) is 8.78 Å². The van der Waals surface area contributed by atoms with Gasteiger partial charge in [0.15, 0.2) is 0 Å². The Hall–Kier alpha value is -1.85. The molecule has 28 heavy (non-hydrogen) atoms. The molecule has 4 N–H and O–H groups in total. The number of halogens is 2. The van der Waals surface area contributed by atoms with Gasteiger partial charge in [0, 0.05) is 45.2 Å². The highest BCUT2D eigenvalue weighted by atomic mass is 19.1. The molecule has 0 aromatic heterocycles. The van der Waals surface area contributed by atoms with Gasteiger partial charge in [-0.15, -0.1) is 0 Å². The van der Waals surface area contributed by atoms with Gasteiger partial charge in [0.2, 0.25) is 5.91 Å². The Morgan fingerprint density at radius 1 is 1.46 bits per heavy atom. The average Bonchev–Trinajstić information content (AvgIpc) is 3.04. The number of rotatable bonds is 6. The lowest BCUT2D eigenvalue weighted by atomic mass is 10.1. The molecule has 0 bridgehead atoms. The predicted molar refractivity (Wildman–Crippen MR) is 97.6 cm³/mol. The highest BCUT2D eigenvalue weighted by Gasteiger charge is 2.40. The number of aliphatic hydroxyl groups is 2. The molecule has 10 heteroatoms. The molecule has 0 aliphatic carbocycles. The molecule has 0 saturated carbocycles. The minimum absolute atomic E-state index is 0.145. The summed E-state index contributed by atoms with van der Waals surface area (Å²) >= 11 is 0. The Morgan fingerprint density at radius 3 is 2.89 bits per heavy atom. The van der Waals surface area contributed by atoms with Crippen LogP contribution in [-0.4, -0.2) is 79.3 Å². The fourth-order valence-corrected chi connectivity index (χ4v) is 3.48. The molecule has 0 unspecified atom stereocenters. The zero-order chi connectivity index (χ0) is 20.3. The number of nitrogens with one attached hydrogen (secondary N) is 2. The van der Waals surface area contributed by atoms with Crippen LogP contribution in [0.5, 0.6) is 0 Å². The maximum absolute atomic E-state index is 14.7. The number of ether oxygens (including phenoxy) is 1. The zero-order valence-corrected chi connectivity index (χ0v) is 15.7. The van der Waals surface area contributed by atoms with Crippen molar-refractivity contribution < 1.29 is 28.5 Å². The second kappa shape index (κ2) is 8.66. The van der Waals surface area contributed by atoms with Gasteiger partial charge in [-0.05, 0) is 18.2 Å². The van der Waals surface area contributed by atoms with Crippen LogP contribution in [0.15, 0.2) is 18.2 Å². The van der Waals surface area contributed by atoms with Crippen LogP contribution >= 0.6 is 0 Å². The molecule has 2 aliphatic rings. The summed E-state index contributed by atoms with van der Waals surface area (Å²) in [6.07, 6.45) is -1.32. The molecule has 1 aromatic rings. The number of amides is 1. The number of alkyl halides is 1. The Morgan fingerprint density at radius 2 is 2.25 bits per heavy atom. The maximum atomic E-state index is 14.7. The van der Waals surface area contributed by atoms with Crippen LogP contribution in [0.3, 0.4) is 0 Å². The highest BCUT2D eigenvalue weighted by Crippen LogP contribution is 2.30. The van der Waals surface area contributed by atoms with Crippen LogP contribution in [0.4, 0.5) is 14.5 Å². The van der Waals surface area contributed by atoms with Crippen molar-refractivity contribution >= 4 is 11.6 Å². The molecule has 3 atom stereocenters. The molecular weight excluding hydrogens is 374 g/mol. The number of piperazine rings is 1. The largest absolute Gasteiger partial charge is 0.376 e. The van der Waals surface area contributed by atoms with Crippen molar-refractivity contribution in [1.29, 1.82) is 0 Å². The summed E-state index contributed by atoms with van der Waals surface area (Å²) in [5, 5.41) is 26.2. The van der Waals surface area contributed by atoms with Crippen molar-refractivity contribution in [1.82, 2.24) is 15.5 Å². The number of carbonyl (C=O) groups is 1. The Kier molecular flexibility index (Phi) is 6.46. The lowest BCUT2D eigenvalue weighted by Gasteiger charge is -2.39. The van der Waals surface area contributed by atoms with E-state index in [4.69, 9.17) is 4.74 Å². The minimum Gasteiger partial charge on any atom is -0.376 e. The van der Waals surface area contributed by atoms with Crippen molar-refractivity contribution in [3.05, 3.63) is 29.6 Å². The fraction of sp³-hybridized carbons (Fsp3) is 0.611. The lowest BCUT2D eigenvalue weighted by Crippen LogP contribution is -2.54. The smallest absolute Gasteiger partial charge is 0.253 e. The molecule has 156 valence electrons.